The van der Waals surface area contributed by atoms with Crippen molar-refractivity contribution in [2.24, 2.45) is 17.8 Å². The molecule has 9 nitrogen and oxygen atoms in total. The minimum Gasteiger partial charge on any atom is -0.497 e. The third-order valence-electron chi connectivity index (χ3n) is 10.2. The Morgan fingerprint density at radius 2 is 1.67 bits per heavy atom. The zero-order chi connectivity index (χ0) is 34.0. The Balaban J connectivity index is 1.30. The molecule has 256 valence electrons. The number of likely N-dealkylation sites (tertiary alicyclic amines) is 1. The molecule has 0 aliphatic carbocycles. The molecule has 12 heteroatoms. The number of pyridine rings is 1. The molecule has 3 saturated heterocycles. The van der Waals surface area contributed by atoms with Crippen molar-refractivity contribution in [1.29, 1.82) is 0 Å². The van der Waals surface area contributed by atoms with E-state index in [4.69, 9.17) is 9.47 Å². The molecule has 3 fully saturated rings. The molecule has 0 bridgehead atoms. The molecule has 48 heavy (non-hydrogen) atoms. The molecule has 0 unspecified atom stereocenters. The molecule has 0 radical (unpaired) electrons. The topological polar surface area (TPSA) is 95.4 Å². The van der Waals surface area contributed by atoms with E-state index in [-0.39, 0.29) is 29.6 Å². The average Bonchev–Trinajstić information content (AvgIpc) is 3.73. The van der Waals surface area contributed by atoms with Crippen LogP contribution >= 0.6 is 0 Å². The van der Waals surface area contributed by atoms with Crippen molar-refractivity contribution < 1.29 is 37.3 Å². The van der Waals surface area contributed by atoms with Gasteiger partial charge in [-0.2, -0.15) is 13.2 Å². The number of rotatable bonds is 9. The summed E-state index contributed by atoms with van der Waals surface area (Å²) < 4.78 is 52.8. The summed E-state index contributed by atoms with van der Waals surface area (Å²) in [6.45, 7) is 2.85. The molecule has 0 saturated carbocycles. The molecule has 4 heterocycles. The third-order valence-corrected chi connectivity index (χ3v) is 10.2. The standard InChI is InChI=1S/C36H41F3N4O5/c1-47-22-25-18-43(20-30(25)28-11-8-26(36(37,38)39)17-32(28)41-15-12-24(13-16-41)35(45)46)34(44)31-21-42(33-5-3-4-14-40-33)19-29(31)23-6-9-27(48-2)10-7-23/h3-11,14,17,24-25,29-31H,12-13,15-16,18-22H2,1-2H3,(H,45,46)/t25-,29+,30+,31-/m1/s1. The number of carbonyl (C=O) groups is 2. The van der Waals surface area contributed by atoms with Crippen molar-refractivity contribution >= 4 is 23.4 Å². The van der Waals surface area contributed by atoms with E-state index in [2.05, 4.69) is 9.88 Å². The minimum atomic E-state index is -4.53. The number of hydrogen-bond donors (Lipinski definition) is 1. The number of aliphatic carboxylic acids is 1. The lowest BCUT2D eigenvalue weighted by Crippen LogP contribution is -2.38. The number of alkyl halides is 3. The van der Waals surface area contributed by atoms with Gasteiger partial charge in [-0.1, -0.05) is 24.3 Å². The van der Waals surface area contributed by atoms with Gasteiger partial charge in [0.25, 0.3) is 0 Å². The van der Waals surface area contributed by atoms with E-state index >= 15 is 0 Å². The van der Waals surface area contributed by atoms with Gasteiger partial charge in [-0.05, 0) is 60.4 Å². The summed E-state index contributed by atoms with van der Waals surface area (Å²) in [6, 6.07) is 17.3. The number of anilines is 2. The van der Waals surface area contributed by atoms with Crippen molar-refractivity contribution in [2.75, 3.05) is 69.9 Å². The predicted molar refractivity (Wildman–Crippen MR) is 174 cm³/mol. The summed E-state index contributed by atoms with van der Waals surface area (Å²) >= 11 is 0. The third kappa shape index (κ3) is 6.94. The Labute approximate surface area is 278 Å². The van der Waals surface area contributed by atoms with Crippen LogP contribution in [-0.4, -0.2) is 87.0 Å². The highest BCUT2D eigenvalue weighted by Gasteiger charge is 2.45. The fourth-order valence-corrected chi connectivity index (χ4v) is 7.67. The number of carboxylic acids is 1. The fraction of sp³-hybridized carbons (Fsp3) is 0.472. The number of benzene rings is 2. The van der Waals surface area contributed by atoms with E-state index in [0.29, 0.717) is 64.4 Å². The van der Waals surface area contributed by atoms with Gasteiger partial charge in [-0.3, -0.25) is 9.59 Å². The zero-order valence-corrected chi connectivity index (χ0v) is 27.1. The average molecular weight is 667 g/mol. The molecule has 6 rings (SSSR count). The lowest BCUT2D eigenvalue weighted by atomic mass is 9.86. The molecule has 4 atom stereocenters. The lowest BCUT2D eigenvalue weighted by Gasteiger charge is -2.35. The van der Waals surface area contributed by atoms with Crippen molar-refractivity contribution in [2.45, 2.75) is 30.9 Å². The van der Waals surface area contributed by atoms with Gasteiger partial charge in [0.2, 0.25) is 5.91 Å². The number of ether oxygens (including phenoxy) is 2. The van der Waals surface area contributed by atoms with Crippen LogP contribution in [0.5, 0.6) is 5.75 Å². The van der Waals surface area contributed by atoms with Gasteiger partial charge in [0.15, 0.2) is 0 Å². The summed E-state index contributed by atoms with van der Waals surface area (Å²) in [7, 11) is 3.20. The molecule has 1 N–H and O–H groups in total. The van der Waals surface area contributed by atoms with Gasteiger partial charge in [-0.25, -0.2) is 4.98 Å². The number of carboxylic acid groups (broad SMARTS) is 1. The maximum absolute atomic E-state index is 14.5. The smallest absolute Gasteiger partial charge is 0.416 e. The fourth-order valence-electron chi connectivity index (χ4n) is 7.67. The summed E-state index contributed by atoms with van der Waals surface area (Å²) in [5.74, 6) is -0.776. The van der Waals surface area contributed by atoms with E-state index in [1.807, 2.05) is 52.3 Å². The number of halogens is 3. The van der Waals surface area contributed by atoms with Crippen LogP contribution in [-0.2, 0) is 20.5 Å². The van der Waals surface area contributed by atoms with Crippen LogP contribution in [0.15, 0.2) is 66.9 Å². The molecular weight excluding hydrogens is 625 g/mol. The van der Waals surface area contributed by atoms with E-state index in [9.17, 15) is 27.9 Å². The second-order valence-corrected chi connectivity index (χ2v) is 13.0. The van der Waals surface area contributed by atoms with E-state index < -0.39 is 23.6 Å². The molecule has 0 spiro atoms. The number of carbonyl (C=O) groups excluding carboxylic acids is 1. The molecule has 3 aliphatic rings. The molecule has 1 amide bonds. The van der Waals surface area contributed by atoms with E-state index in [1.165, 1.54) is 6.07 Å². The number of hydrogen-bond acceptors (Lipinski definition) is 7. The lowest BCUT2D eigenvalue weighted by molar-refractivity contribution is -0.142. The maximum atomic E-state index is 14.5. The highest BCUT2D eigenvalue weighted by molar-refractivity contribution is 5.82. The van der Waals surface area contributed by atoms with Crippen LogP contribution in [0.2, 0.25) is 0 Å². The first kappa shape index (κ1) is 33.6. The minimum absolute atomic E-state index is 0.00594. The van der Waals surface area contributed by atoms with Crippen LogP contribution in [0.4, 0.5) is 24.7 Å². The summed E-state index contributed by atoms with van der Waals surface area (Å²) in [6.07, 6.45) is -2.10. The number of amides is 1. The van der Waals surface area contributed by atoms with Gasteiger partial charge in [0.1, 0.15) is 11.6 Å². The monoisotopic (exact) mass is 666 g/mol. The molecule has 3 aliphatic heterocycles. The van der Waals surface area contributed by atoms with E-state index in [1.54, 1.807) is 26.5 Å². The van der Waals surface area contributed by atoms with Crippen LogP contribution < -0.4 is 14.5 Å². The predicted octanol–water partition coefficient (Wildman–Crippen LogP) is 5.52. The van der Waals surface area contributed by atoms with Crippen molar-refractivity contribution in [3.8, 4) is 5.75 Å². The van der Waals surface area contributed by atoms with Crippen molar-refractivity contribution in [1.82, 2.24) is 9.88 Å². The van der Waals surface area contributed by atoms with Crippen LogP contribution in [0.25, 0.3) is 0 Å². The summed E-state index contributed by atoms with van der Waals surface area (Å²) in [5.41, 5.74) is 1.44. The second-order valence-electron chi connectivity index (χ2n) is 13.0. The second kappa shape index (κ2) is 14.0. The zero-order valence-electron chi connectivity index (χ0n) is 27.1. The Bertz CT molecular complexity index is 1580. The van der Waals surface area contributed by atoms with E-state index in [0.717, 1.165) is 28.8 Å². The summed E-state index contributed by atoms with van der Waals surface area (Å²) in [4.78, 5) is 36.5. The molecule has 2 aromatic carbocycles. The van der Waals surface area contributed by atoms with Gasteiger partial charge in [-0.15, -0.1) is 0 Å². The Morgan fingerprint density at radius 1 is 0.917 bits per heavy atom. The number of aromatic nitrogens is 1. The normalized spacial score (nSPS) is 23.5. The van der Waals surface area contributed by atoms with Crippen molar-refractivity contribution in [3.63, 3.8) is 0 Å². The first-order valence-electron chi connectivity index (χ1n) is 16.3. The first-order valence-corrected chi connectivity index (χ1v) is 16.3. The maximum Gasteiger partial charge on any atom is 0.416 e. The van der Waals surface area contributed by atoms with Crippen LogP contribution in [0.3, 0.4) is 0 Å². The quantitative estimate of drug-likeness (QED) is 0.319. The Hall–Kier alpha value is -4.32. The number of piperidine rings is 1. The van der Waals surface area contributed by atoms with Crippen LogP contribution in [0.1, 0.15) is 41.4 Å². The van der Waals surface area contributed by atoms with Gasteiger partial charge in [0.05, 0.1) is 31.1 Å². The SMILES string of the molecule is COC[C@H]1CN(C(=O)[C@@H]2CN(c3ccccn3)C[C@H]2c2ccc(OC)cc2)C[C@@H]1c1ccc(C(F)(F)F)cc1N1CCC(C(=O)O)CC1. The van der Waals surface area contributed by atoms with Gasteiger partial charge in [0, 0.05) is 76.0 Å². The highest BCUT2D eigenvalue weighted by Crippen LogP contribution is 2.44. The van der Waals surface area contributed by atoms with Crippen LogP contribution in [0, 0.1) is 17.8 Å². The first-order chi connectivity index (χ1) is 23.1. The van der Waals surface area contributed by atoms with Crippen molar-refractivity contribution in [3.05, 3.63) is 83.6 Å². The van der Waals surface area contributed by atoms with Gasteiger partial charge < -0.3 is 29.3 Å². The highest BCUT2D eigenvalue weighted by atomic mass is 19.4. The van der Waals surface area contributed by atoms with Gasteiger partial charge >= 0.3 is 12.1 Å². The molecule has 3 aromatic rings. The summed E-state index contributed by atoms with van der Waals surface area (Å²) in [5, 5.41) is 9.50. The number of nitrogens with zero attached hydrogens (tertiary/aromatic N) is 4. The largest absolute Gasteiger partial charge is 0.497 e. The Morgan fingerprint density at radius 3 is 2.29 bits per heavy atom. The molecular formula is C36H41F3N4O5. The Kier molecular flexibility index (Phi) is 9.82. The number of methoxy groups -OCH3 is 2. The molecule has 1 aromatic heterocycles.